The monoisotopic (exact) mass is 560 g/mol. The van der Waals surface area contributed by atoms with Crippen LogP contribution < -0.4 is 9.64 Å². The van der Waals surface area contributed by atoms with Gasteiger partial charge in [-0.05, 0) is 50.1 Å². The molecule has 1 atom stereocenters. The molecule has 10 nitrogen and oxygen atoms in total. The maximum atomic E-state index is 13.6. The van der Waals surface area contributed by atoms with Crippen molar-refractivity contribution in [3.63, 3.8) is 0 Å². The molecular formula is C29H28N4O6S. The second-order valence-corrected chi connectivity index (χ2v) is 10.3. The number of anilines is 1. The Morgan fingerprint density at radius 2 is 1.82 bits per heavy atom. The van der Waals surface area contributed by atoms with Crippen LogP contribution in [0.25, 0.3) is 11.4 Å². The number of imidazole rings is 1. The molecule has 11 heteroatoms. The van der Waals surface area contributed by atoms with Crippen LogP contribution in [0.4, 0.5) is 5.13 Å². The molecule has 0 spiro atoms. The molecule has 1 unspecified atom stereocenters. The largest absolute Gasteiger partial charge is 0.505 e. The topological polar surface area (TPSA) is 123 Å². The summed E-state index contributed by atoms with van der Waals surface area (Å²) in [7, 11) is 1.26. The number of ether oxygens (including phenoxy) is 2. The Bertz CT molecular complexity index is 1650. The van der Waals surface area contributed by atoms with Crippen LogP contribution in [0.3, 0.4) is 0 Å². The molecule has 0 bridgehead atoms. The van der Waals surface area contributed by atoms with Gasteiger partial charge in [0.1, 0.15) is 22.0 Å². The number of ketones is 1. The fourth-order valence-corrected chi connectivity index (χ4v) is 5.73. The van der Waals surface area contributed by atoms with E-state index < -0.39 is 23.7 Å². The van der Waals surface area contributed by atoms with Crippen LogP contribution in [0.1, 0.15) is 58.1 Å². The minimum Gasteiger partial charge on any atom is -0.505 e. The predicted molar refractivity (Wildman–Crippen MR) is 150 cm³/mol. The molecule has 1 N–H and O–H groups in total. The first-order chi connectivity index (χ1) is 19.3. The van der Waals surface area contributed by atoms with Crippen LogP contribution in [0.15, 0.2) is 54.2 Å². The lowest BCUT2D eigenvalue weighted by molar-refractivity contribution is -0.132. The number of hydrogen-bond donors (Lipinski definition) is 1. The van der Waals surface area contributed by atoms with Crippen LogP contribution in [0.2, 0.25) is 0 Å². The van der Waals surface area contributed by atoms with Gasteiger partial charge in [0.15, 0.2) is 10.9 Å². The van der Waals surface area contributed by atoms with E-state index in [9.17, 15) is 19.5 Å². The van der Waals surface area contributed by atoms with Gasteiger partial charge in [-0.1, -0.05) is 42.9 Å². The van der Waals surface area contributed by atoms with Crippen molar-refractivity contribution in [2.45, 2.75) is 39.7 Å². The van der Waals surface area contributed by atoms with E-state index in [1.165, 1.54) is 12.0 Å². The predicted octanol–water partition coefficient (Wildman–Crippen LogP) is 5.00. The molecule has 1 aromatic carbocycles. The Morgan fingerprint density at radius 1 is 1.07 bits per heavy atom. The molecular weight excluding hydrogens is 532 g/mol. The van der Waals surface area contributed by atoms with E-state index >= 15 is 0 Å². The molecule has 5 rings (SSSR count). The molecule has 4 heterocycles. The van der Waals surface area contributed by atoms with Gasteiger partial charge in [-0.25, -0.2) is 14.8 Å². The number of aliphatic hydroxyl groups excluding tert-OH is 1. The van der Waals surface area contributed by atoms with Crippen molar-refractivity contribution in [3.05, 3.63) is 81.8 Å². The van der Waals surface area contributed by atoms with Gasteiger partial charge in [0.2, 0.25) is 0 Å². The van der Waals surface area contributed by atoms with E-state index in [0.29, 0.717) is 40.6 Å². The third-order valence-electron chi connectivity index (χ3n) is 6.70. The van der Waals surface area contributed by atoms with Gasteiger partial charge in [-0.2, -0.15) is 0 Å². The number of esters is 1. The van der Waals surface area contributed by atoms with Gasteiger partial charge >= 0.3 is 11.9 Å². The fraction of sp³-hybridized carbons (Fsp3) is 0.276. The number of hydrogen-bond acceptors (Lipinski definition) is 9. The average molecular weight is 561 g/mol. The van der Waals surface area contributed by atoms with E-state index in [0.717, 1.165) is 24.2 Å². The van der Waals surface area contributed by atoms with Crippen molar-refractivity contribution < 1.29 is 29.0 Å². The van der Waals surface area contributed by atoms with Crippen LogP contribution in [-0.2, 0) is 14.3 Å². The van der Waals surface area contributed by atoms with E-state index in [2.05, 4.69) is 16.9 Å². The number of aromatic nitrogens is 3. The minimum absolute atomic E-state index is 0.106. The Kier molecular flexibility index (Phi) is 7.40. The summed E-state index contributed by atoms with van der Waals surface area (Å²) in [5.74, 6) is -2.05. The van der Waals surface area contributed by atoms with Gasteiger partial charge in [0.25, 0.3) is 5.78 Å². The van der Waals surface area contributed by atoms with Crippen LogP contribution in [0, 0.1) is 13.8 Å². The zero-order chi connectivity index (χ0) is 28.6. The summed E-state index contributed by atoms with van der Waals surface area (Å²) in [6.07, 6.45) is 3.63. The minimum atomic E-state index is -1.02. The van der Waals surface area contributed by atoms with Crippen molar-refractivity contribution in [3.8, 4) is 5.75 Å². The van der Waals surface area contributed by atoms with E-state index in [1.807, 2.05) is 6.07 Å². The Hall–Kier alpha value is -4.51. The zero-order valence-electron chi connectivity index (χ0n) is 22.5. The molecule has 206 valence electrons. The van der Waals surface area contributed by atoms with E-state index in [-0.39, 0.29) is 21.3 Å². The molecule has 40 heavy (non-hydrogen) atoms. The summed E-state index contributed by atoms with van der Waals surface area (Å²) >= 11 is 0.948. The van der Waals surface area contributed by atoms with Gasteiger partial charge in [-0.3, -0.25) is 18.9 Å². The maximum absolute atomic E-state index is 13.6. The van der Waals surface area contributed by atoms with Gasteiger partial charge in [0, 0.05) is 6.20 Å². The molecule has 0 saturated carbocycles. The van der Waals surface area contributed by atoms with Gasteiger partial charge < -0.3 is 14.6 Å². The Labute approximate surface area is 234 Å². The summed E-state index contributed by atoms with van der Waals surface area (Å²) < 4.78 is 12.3. The number of aryl methyl sites for hydroxylation is 2. The van der Waals surface area contributed by atoms with Crippen molar-refractivity contribution in [1.29, 1.82) is 0 Å². The number of methoxy groups -OCH3 is 1. The van der Waals surface area contributed by atoms with Gasteiger partial charge in [-0.15, -0.1) is 0 Å². The lowest BCUT2D eigenvalue weighted by atomic mass is 9.96. The number of carbonyl (C=O) groups is 3. The summed E-state index contributed by atoms with van der Waals surface area (Å²) in [5, 5.41) is 11.8. The highest BCUT2D eigenvalue weighted by Gasteiger charge is 2.49. The first kappa shape index (κ1) is 27.1. The number of thiazole rings is 1. The molecule has 0 aliphatic carbocycles. The van der Waals surface area contributed by atoms with Gasteiger partial charge in [0.05, 0.1) is 36.7 Å². The highest BCUT2D eigenvalue weighted by atomic mass is 32.1. The molecule has 1 aliphatic heterocycles. The van der Waals surface area contributed by atoms with Crippen molar-refractivity contribution in [2.75, 3.05) is 18.6 Å². The lowest BCUT2D eigenvalue weighted by Gasteiger charge is -2.23. The number of unbranched alkanes of at least 4 members (excludes halogenated alkanes) is 1. The van der Waals surface area contributed by atoms with Crippen LogP contribution in [0.5, 0.6) is 5.75 Å². The number of pyridine rings is 1. The zero-order valence-corrected chi connectivity index (χ0v) is 23.3. The Balaban J connectivity index is 1.69. The maximum Gasteiger partial charge on any atom is 0.350 e. The number of aliphatic hydroxyl groups is 1. The van der Waals surface area contributed by atoms with E-state index in [4.69, 9.17) is 9.47 Å². The van der Waals surface area contributed by atoms with Crippen LogP contribution in [-0.4, -0.2) is 50.9 Å². The van der Waals surface area contributed by atoms with Crippen molar-refractivity contribution in [2.24, 2.45) is 0 Å². The summed E-state index contributed by atoms with van der Waals surface area (Å²) in [5.41, 5.74) is 2.20. The lowest BCUT2D eigenvalue weighted by Crippen LogP contribution is -2.29. The molecule has 1 saturated heterocycles. The highest BCUT2D eigenvalue weighted by molar-refractivity contribution is 7.17. The first-order valence-electron chi connectivity index (χ1n) is 12.8. The number of Topliss-reactive ketones (excluding diaryl/α,β-unsaturated/α-hetero) is 1. The average Bonchev–Trinajstić information content (AvgIpc) is 3.58. The molecule has 3 aromatic heterocycles. The molecule has 0 radical (unpaired) electrons. The molecule has 4 aromatic rings. The standard InChI is InChI=1S/C29H28N4O6S/c1-5-6-15-39-19-12-10-18(11-13-19)23-21(24(34)22-16(2)30-20-9-7-8-14-32(20)22)25(35)27(36)33(23)29-31-17(3)26(40-29)28(37)38-4/h7-14,23,34H,5-6,15H2,1-4H3. The number of carbonyl (C=O) groups excluding carboxylic acids is 3. The highest BCUT2D eigenvalue weighted by Crippen LogP contribution is 2.44. The smallest absolute Gasteiger partial charge is 0.350 e. The summed E-state index contributed by atoms with van der Waals surface area (Å²) in [4.78, 5) is 49.8. The summed E-state index contributed by atoms with van der Waals surface area (Å²) in [6.45, 7) is 5.99. The second kappa shape index (κ2) is 10.9. The van der Waals surface area contributed by atoms with Crippen molar-refractivity contribution in [1.82, 2.24) is 14.4 Å². The number of rotatable bonds is 8. The number of nitrogens with zero attached hydrogens (tertiary/aromatic N) is 4. The van der Waals surface area contributed by atoms with E-state index in [1.54, 1.807) is 60.8 Å². The fourth-order valence-electron chi connectivity index (χ4n) is 4.72. The van der Waals surface area contributed by atoms with Crippen molar-refractivity contribution >= 4 is 45.5 Å². The SMILES string of the molecule is CCCCOc1ccc(C2C(=C(O)c3c(C)nc4ccccn34)C(=O)C(=O)N2c2nc(C)c(C(=O)OC)s2)cc1. The number of benzene rings is 1. The van der Waals surface area contributed by atoms with Crippen LogP contribution >= 0.6 is 11.3 Å². The normalized spacial score (nSPS) is 16.6. The summed E-state index contributed by atoms with van der Waals surface area (Å²) in [6, 6.07) is 11.4. The quantitative estimate of drug-likeness (QED) is 0.105. The third-order valence-corrected chi connectivity index (χ3v) is 7.83. The Morgan fingerprint density at radius 3 is 2.52 bits per heavy atom. The molecule has 1 fully saturated rings. The first-order valence-corrected chi connectivity index (χ1v) is 13.6. The third kappa shape index (κ3) is 4.62. The second-order valence-electron chi connectivity index (χ2n) is 9.32. The number of fused-ring (bicyclic) bond motifs is 1. The number of amides is 1. The molecule has 1 aliphatic rings. The molecule has 1 amide bonds.